The zero-order valence-electron chi connectivity index (χ0n) is 17.3. The van der Waals surface area contributed by atoms with E-state index in [0.29, 0.717) is 45.9 Å². The molecule has 1 aromatic rings. The Morgan fingerprint density at radius 3 is 2.00 bits per heavy atom. The van der Waals surface area contributed by atoms with E-state index in [9.17, 15) is 4.79 Å². The Hall–Kier alpha value is -1.20. The van der Waals surface area contributed by atoms with Crippen LogP contribution in [0.5, 0.6) is 11.5 Å². The molecule has 6 heteroatoms. The minimum atomic E-state index is -2.25. The summed E-state index contributed by atoms with van der Waals surface area (Å²) in [5.74, 6) is 0.936. The summed E-state index contributed by atoms with van der Waals surface area (Å²) in [6.45, 7) is 15.3. The van der Waals surface area contributed by atoms with Crippen molar-refractivity contribution in [2.24, 2.45) is 0 Å². The number of benzene rings is 1. The highest BCUT2D eigenvalue weighted by Gasteiger charge is 2.47. The van der Waals surface area contributed by atoms with E-state index in [0.717, 1.165) is 0 Å². The molecule has 0 amide bonds. The lowest BCUT2D eigenvalue weighted by Crippen LogP contribution is -2.51. The maximum Gasteiger partial charge on any atom is 0.342 e. The largest absolute Gasteiger partial charge is 0.542 e. The number of halogens is 1. The number of carbonyl (C=O) groups is 1. The zero-order valence-corrected chi connectivity index (χ0v) is 19.1. The summed E-state index contributed by atoms with van der Waals surface area (Å²) >= 11 is 6.13. The second-order valence-electron chi connectivity index (χ2n) is 7.43. The monoisotopic (exact) mass is 400 g/mol. The number of esters is 1. The molecule has 148 valence electrons. The summed E-state index contributed by atoms with van der Waals surface area (Å²) in [7, 11) is -0.650. The van der Waals surface area contributed by atoms with Crippen LogP contribution < -0.4 is 9.16 Å². The van der Waals surface area contributed by atoms with Crippen molar-refractivity contribution in [1.29, 1.82) is 0 Å². The third-order valence-corrected chi connectivity index (χ3v) is 11.3. The van der Waals surface area contributed by atoms with Gasteiger partial charge in [-0.2, -0.15) is 0 Å². The molecule has 0 saturated carbocycles. The summed E-state index contributed by atoms with van der Waals surface area (Å²) in [5.41, 5.74) is 2.22. The number of rotatable bonds is 9. The predicted octanol–water partition coefficient (Wildman–Crippen LogP) is 6.17. The molecule has 0 bridgehead atoms. The van der Waals surface area contributed by atoms with Gasteiger partial charge in [-0.05, 0) is 35.2 Å². The van der Waals surface area contributed by atoms with Gasteiger partial charge in [0, 0.05) is 11.9 Å². The van der Waals surface area contributed by atoms with Gasteiger partial charge in [0.2, 0.25) is 0 Å². The van der Waals surface area contributed by atoms with Crippen molar-refractivity contribution in [3.05, 3.63) is 23.3 Å². The maximum absolute atomic E-state index is 12.7. The average molecular weight is 401 g/mol. The molecule has 0 saturated heterocycles. The van der Waals surface area contributed by atoms with Crippen molar-refractivity contribution in [1.82, 2.24) is 0 Å². The number of ether oxygens (including phenoxy) is 2. The minimum Gasteiger partial charge on any atom is -0.542 e. The number of carbonyl (C=O) groups excluding carboxylic acids is 1. The standard InChI is InChI=1S/C20H33ClO4Si/c1-9-24-20(22)19-16(12-21)10-17(23-8)11-18(19)25-26(13(2)3,14(4)5)15(6)7/h10-11,13-15H,9,12H2,1-8H3. The van der Waals surface area contributed by atoms with Crippen LogP contribution in [-0.4, -0.2) is 28.0 Å². The molecule has 0 radical (unpaired) electrons. The van der Waals surface area contributed by atoms with E-state index >= 15 is 0 Å². The Morgan fingerprint density at radius 2 is 1.62 bits per heavy atom. The lowest BCUT2D eigenvalue weighted by Gasteiger charge is -2.42. The molecule has 0 atom stereocenters. The molecule has 1 aromatic carbocycles. The SMILES string of the molecule is CCOC(=O)c1c(CCl)cc(OC)cc1O[Si](C(C)C)(C(C)C)C(C)C. The lowest BCUT2D eigenvalue weighted by molar-refractivity contribution is 0.0523. The second-order valence-corrected chi connectivity index (χ2v) is 13.1. The van der Waals surface area contributed by atoms with Crippen LogP contribution in [0.3, 0.4) is 0 Å². The molecule has 0 heterocycles. The first kappa shape index (κ1) is 22.8. The minimum absolute atomic E-state index is 0.182. The number of methoxy groups -OCH3 is 1. The average Bonchev–Trinajstić information content (AvgIpc) is 2.57. The molecule has 0 aliphatic rings. The normalized spacial score (nSPS) is 12.0. The quantitative estimate of drug-likeness (QED) is 0.282. The van der Waals surface area contributed by atoms with Crippen molar-refractivity contribution in [2.45, 2.75) is 71.0 Å². The van der Waals surface area contributed by atoms with E-state index < -0.39 is 14.3 Å². The highest BCUT2D eigenvalue weighted by Crippen LogP contribution is 2.44. The van der Waals surface area contributed by atoms with Crippen LogP contribution in [-0.2, 0) is 10.6 Å². The molecular weight excluding hydrogens is 368 g/mol. The predicted molar refractivity (Wildman–Crippen MR) is 110 cm³/mol. The number of hydrogen-bond acceptors (Lipinski definition) is 4. The summed E-state index contributed by atoms with van der Waals surface area (Å²) in [6, 6.07) is 3.56. The number of alkyl halides is 1. The van der Waals surface area contributed by atoms with E-state index in [4.69, 9.17) is 25.5 Å². The number of hydrogen-bond donors (Lipinski definition) is 0. The van der Waals surface area contributed by atoms with E-state index in [1.807, 2.05) is 0 Å². The fraction of sp³-hybridized carbons (Fsp3) is 0.650. The van der Waals surface area contributed by atoms with Crippen molar-refractivity contribution in [3.8, 4) is 11.5 Å². The zero-order chi connectivity index (χ0) is 20.1. The van der Waals surface area contributed by atoms with E-state index in [1.165, 1.54) is 0 Å². The molecule has 4 nitrogen and oxygen atoms in total. The van der Waals surface area contributed by atoms with Gasteiger partial charge in [-0.15, -0.1) is 11.6 Å². The van der Waals surface area contributed by atoms with Gasteiger partial charge in [-0.25, -0.2) is 4.79 Å². The Labute approximate surface area is 164 Å². The maximum atomic E-state index is 12.7. The van der Waals surface area contributed by atoms with Crippen molar-refractivity contribution >= 4 is 25.9 Å². The first-order valence-electron chi connectivity index (χ1n) is 9.28. The van der Waals surface area contributed by atoms with Crippen LogP contribution in [0.4, 0.5) is 0 Å². The van der Waals surface area contributed by atoms with Gasteiger partial charge in [-0.3, -0.25) is 0 Å². The van der Waals surface area contributed by atoms with E-state index in [2.05, 4.69) is 41.5 Å². The van der Waals surface area contributed by atoms with Crippen molar-refractivity contribution in [2.75, 3.05) is 13.7 Å². The van der Waals surface area contributed by atoms with Crippen LogP contribution in [0.1, 0.15) is 64.4 Å². The Bertz CT molecular complexity index is 592. The Morgan fingerprint density at radius 1 is 1.08 bits per heavy atom. The van der Waals surface area contributed by atoms with Gasteiger partial charge >= 0.3 is 5.97 Å². The first-order valence-corrected chi connectivity index (χ1v) is 12.0. The van der Waals surface area contributed by atoms with Gasteiger partial charge < -0.3 is 13.9 Å². The van der Waals surface area contributed by atoms with Gasteiger partial charge in [0.25, 0.3) is 8.32 Å². The van der Waals surface area contributed by atoms with Gasteiger partial charge in [-0.1, -0.05) is 41.5 Å². The highest BCUT2D eigenvalue weighted by atomic mass is 35.5. The third kappa shape index (κ3) is 4.55. The smallest absolute Gasteiger partial charge is 0.342 e. The van der Waals surface area contributed by atoms with Crippen LogP contribution in [0, 0.1) is 0 Å². The molecule has 0 aliphatic heterocycles. The Kier molecular flexibility index (Phi) is 8.48. The first-order chi connectivity index (χ1) is 12.1. The lowest BCUT2D eigenvalue weighted by atomic mass is 10.1. The van der Waals surface area contributed by atoms with Crippen LogP contribution in [0.2, 0.25) is 16.6 Å². The van der Waals surface area contributed by atoms with Gasteiger partial charge in [0.1, 0.15) is 17.1 Å². The van der Waals surface area contributed by atoms with Crippen LogP contribution in [0.25, 0.3) is 0 Å². The molecule has 0 unspecified atom stereocenters. The summed E-state index contributed by atoms with van der Waals surface area (Å²) in [6.07, 6.45) is 0. The van der Waals surface area contributed by atoms with Gasteiger partial charge in [0.15, 0.2) is 0 Å². The summed E-state index contributed by atoms with van der Waals surface area (Å²) in [4.78, 5) is 12.7. The highest BCUT2D eigenvalue weighted by molar-refractivity contribution is 6.78. The molecule has 0 fully saturated rings. The molecule has 1 rings (SSSR count). The van der Waals surface area contributed by atoms with Gasteiger partial charge in [0.05, 0.1) is 13.7 Å². The van der Waals surface area contributed by atoms with Crippen LogP contribution in [0.15, 0.2) is 12.1 Å². The van der Waals surface area contributed by atoms with Crippen molar-refractivity contribution < 1.29 is 18.7 Å². The summed E-state index contributed by atoms with van der Waals surface area (Å²) in [5, 5.41) is 0. The molecule has 26 heavy (non-hydrogen) atoms. The van der Waals surface area contributed by atoms with E-state index in [-0.39, 0.29) is 5.88 Å². The third-order valence-electron chi connectivity index (χ3n) is 5.01. The molecule has 0 aliphatic carbocycles. The molecular formula is C20H33ClO4Si. The molecule has 0 spiro atoms. The fourth-order valence-corrected chi connectivity index (χ4v) is 9.39. The Balaban J connectivity index is 3.64. The van der Waals surface area contributed by atoms with E-state index in [1.54, 1.807) is 26.2 Å². The summed E-state index contributed by atoms with van der Waals surface area (Å²) < 4.78 is 17.5. The van der Waals surface area contributed by atoms with Crippen LogP contribution >= 0.6 is 11.6 Å². The second kappa shape index (κ2) is 9.65. The molecule has 0 aromatic heterocycles. The fourth-order valence-electron chi connectivity index (χ4n) is 3.93. The topological polar surface area (TPSA) is 44.8 Å². The van der Waals surface area contributed by atoms with Crippen molar-refractivity contribution in [3.63, 3.8) is 0 Å². The molecule has 0 N–H and O–H groups in total.